The van der Waals surface area contributed by atoms with Gasteiger partial charge in [0.05, 0.1) is 11.0 Å². The van der Waals surface area contributed by atoms with E-state index >= 15 is 0 Å². The van der Waals surface area contributed by atoms with E-state index < -0.39 is 11.5 Å². The molecule has 0 fully saturated rings. The molecule has 0 saturated heterocycles. The van der Waals surface area contributed by atoms with Crippen molar-refractivity contribution < 1.29 is 9.18 Å². The van der Waals surface area contributed by atoms with Crippen molar-refractivity contribution in [1.29, 1.82) is 0 Å². The van der Waals surface area contributed by atoms with Crippen molar-refractivity contribution in [2.75, 3.05) is 23.3 Å². The normalized spacial score (nSPS) is 11.0. The second kappa shape index (κ2) is 7.65. The monoisotopic (exact) mass is 370 g/mol. The Labute approximate surface area is 156 Å². The summed E-state index contributed by atoms with van der Waals surface area (Å²) in [6, 6.07) is 9.86. The highest BCUT2D eigenvalue weighted by Crippen LogP contribution is 2.23. The lowest BCUT2D eigenvalue weighted by Crippen LogP contribution is -2.26. The molecule has 0 aliphatic heterocycles. The number of aromatic amines is 1. The highest BCUT2D eigenvalue weighted by atomic mass is 19.1. The van der Waals surface area contributed by atoms with Crippen molar-refractivity contribution in [3.8, 4) is 0 Å². The summed E-state index contributed by atoms with van der Waals surface area (Å²) in [5, 5.41) is 2.85. The van der Waals surface area contributed by atoms with Crippen LogP contribution in [0, 0.1) is 12.7 Å². The van der Waals surface area contributed by atoms with Crippen LogP contribution in [0.4, 0.5) is 15.8 Å². The second-order valence-electron chi connectivity index (χ2n) is 6.40. The van der Waals surface area contributed by atoms with Crippen LogP contribution < -0.4 is 15.9 Å². The molecule has 1 aromatic heterocycles. The number of carbonyl (C=O) groups excluding carboxylic acids is 1. The molecule has 27 heavy (non-hydrogen) atoms. The first kappa shape index (κ1) is 18.7. The average Bonchev–Trinajstić information content (AvgIpc) is 2.92. The minimum Gasteiger partial charge on any atom is -0.372 e. The molecule has 2 aromatic carbocycles. The first-order chi connectivity index (χ1) is 12.9. The van der Waals surface area contributed by atoms with Gasteiger partial charge in [-0.2, -0.15) is 0 Å². The topological polar surface area (TPSA) is 70.1 Å². The molecule has 0 unspecified atom stereocenters. The molecule has 142 valence electrons. The minimum atomic E-state index is -0.445. The predicted octanol–water partition coefficient (Wildman–Crippen LogP) is 3.26. The van der Waals surface area contributed by atoms with Crippen LogP contribution >= 0.6 is 0 Å². The van der Waals surface area contributed by atoms with Crippen LogP contribution in [-0.4, -0.2) is 28.5 Å². The van der Waals surface area contributed by atoms with Gasteiger partial charge in [-0.3, -0.25) is 9.36 Å². The summed E-state index contributed by atoms with van der Waals surface area (Å²) in [6.45, 7) is 7.79. The maximum atomic E-state index is 13.3. The van der Waals surface area contributed by atoms with E-state index in [0.29, 0.717) is 16.7 Å². The van der Waals surface area contributed by atoms with Gasteiger partial charge in [0.25, 0.3) is 0 Å². The lowest BCUT2D eigenvalue weighted by Gasteiger charge is -2.22. The van der Waals surface area contributed by atoms with Crippen molar-refractivity contribution in [2.24, 2.45) is 0 Å². The maximum absolute atomic E-state index is 13.3. The number of halogens is 1. The van der Waals surface area contributed by atoms with E-state index in [1.807, 2.05) is 25.1 Å². The van der Waals surface area contributed by atoms with Gasteiger partial charge in [-0.1, -0.05) is 0 Å². The smallest absolute Gasteiger partial charge is 0.326 e. The second-order valence-corrected chi connectivity index (χ2v) is 6.40. The Morgan fingerprint density at radius 3 is 2.59 bits per heavy atom. The van der Waals surface area contributed by atoms with Gasteiger partial charge in [-0.05, 0) is 62.7 Å². The number of hydrogen-bond donors (Lipinski definition) is 2. The van der Waals surface area contributed by atoms with Crippen LogP contribution in [0.3, 0.4) is 0 Å². The summed E-state index contributed by atoms with van der Waals surface area (Å²) in [6.07, 6.45) is 0. The van der Waals surface area contributed by atoms with E-state index in [1.165, 1.54) is 22.8 Å². The Balaban J connectivity index is 1.79. The van der Waals surface area contributed by atoms with Gasteiger partial charge in [-0.15, -0.1) is 0 Å². The van der Waals surface area contributed by atoms with Gasteiger partial charge < -0.3 is 15.2 Å². The van der Waals surface area contributed by atoms with Crippen LogP contribution in [0.2, 0.25) is 0 Å². The highest BCUT2D eigenvalue weighted by molar-refractivity contribution is 5.92. The predicted molar refractivity (Wildman–Crippen MR) is 106 cm³/mol. The summed E-state index contributed by atoms with van der Waals surface area (Å²) in [5.41, 5.74) is 3.17. The summed E-state index contributed by atoms with van der Waals surface area (Å²) in [7, 11) is 0. The van der Waals surface area contributed by atoms with Gasteiger partial charge >= 0.3 is 5.69 Å². The SMILES string of the molecule is CCN(CC)c1ccc(NC(=O)Cn2c(=O)[nH]c3cc(F)ccc32)c(C)c1. The molecule has 0 spiro atoms. The maximum Gasteiger partial charge on any atom is 0.326 e. The molecule has 0 saturated carbocycles. The Morgan fingerprint density at radius 2 is 1.93 bits per heavy atom. The number of fused-ring (bicyclic) bond motifs is 1. The molecule has 0 atom stereocenters. The number of amides is 1. The van der Waals surface area contributed by atoms with E-state index in [2.05, 4.69) is 29.0 Å². The number of imidazole rings is 1. The molecule has 0 aliphatic rings. The van der Waals surface area contributed by atoms with E-state index in [1.54, 1.807) is 0 Å². The Kier molecular flexibility index (Phi) is 5.30. The number of benzene rings is 2. The Hall–Kier alpha value is -3.09. The molecule has 7 heteroatoms. The zero-order valence-electron chi connectivity index (χ0n) is 15.7. The quantitative estimate of drug-likeness (QED) is 0.700. The van der Waals surface area contributed by atoms with Crippen molar-refractivity contribution in [1.82, 2.24) is 9.55 Å². The first-order valence-electron chi connectivity index (χ1n) is 8.96. The number of aromatic nitrogens is 2. The molecule has 2 N–H and O–H groups in total. The number of rotatable bonds is 6. The molecule has 1 amide bonds. The Morgan fingerprint density at radius 1 is 1.19 bits per heavy atom. The summed E-state index contributed by atoms with van der Waals surface area (Å²) < 4.78 is 14.6. The van der Waals surface area contributed by atoms with Crippen LogP contribution in [0.25, 0.3) is 11.0 Å². The highest BCUT2D eigenvalue weighted by Gasteiger charge is 2.13. The van der Waals surface area contributed by atoms with Crippen molar-refractivity contribution >= 4 is 28.3 Å². The largest absolute Gasteiger partial charge is 0.372 e. The van der Waals surface area contributed by atoms with Crippen molar-refractivity contribution in [3.63, 3.8) is 0 Å². The number of carbonyl (C=O) groups is 1. The van der Waals surface area contributed by atoms with Gasteiger partial charge in [0, 0.05) is 24.5 Å². The van der Waals surface area contributed by atoms with Crippen LogP contribution in [0.1, 0.15) is 19.4 Å². The third kappa shape index (κ3) is 3.86. The van der Waals surface area contributed by atoms with E-state index in [0.717, 1.165) is 24.3 Å². The van der Waals surface area contributed by atoms with Crippen LogP contribution in [-0.2, 0) is 11.3 Å². The lowest BCUT2D eigenvalue weighted by molar-refractivity contribution is -0.116. The number of aryl methyl sites for hydroxylation is 1. The number of nitrogens with zero attached hydrogens (tertiary/aromatic N) is 2. The summed E-state index contributed by atoms with van der Waals surface area (Å²) in [5.74, 6) is -0.759. The van der Waals surface area contributed by atoms with Crippen molar-refractivity contribution in [2.45, 2.75) is 27.3 Å². The number of hydrogen-bond acceptors (Lipinski definition) is 3. The zero-order chi connectivity index (χ0) is 19.6. The van der Waals surface area contributed by atoms with Gasteiger partial charge in [0.15, 0.2) is 0 Å². The third-order valence-electron chi connectivity index (χ3n) is 4.65. The molecule has 0 bridgehead atoms. The van der Waals surface area contributed by atoms with Crippen LogP contribution in [0.15, 0.2) is 41.2 Å². The molecular weight excluding hydrogens is 347 g/mol. The minimum absolute atomic E-state index is 0.151. The Bertz CT molecular complexity index is 1030. The molecule has 3 aromatic rings. The third-order valence-corrected chi connectivity index (χ3v) is 4.65. The average molecular weight is 370 g/mol. The molecule has 0 radical (unpaired) electrons. The summed E-state index contributed by atoms with van der Waals surface area (Å²) >= 11 is 0. The van der Waals surface area contributed by atoms with Gasteiger partial charge in [0.1, 0.15) is 12.4 Å². The molecule has 1 heterocycles. The molecular formula is C20H23FN4O2. The standard InChI is InChI=1S/C20H23FN4O2/c1-4-24(5-2)15-7-8-16(13(3)10-15)22-19(26)12-25-18-9-6-14(21)11-17(18)23-20(25)27/h6-11H,4-5,12H2,1-3H3,(H,22,26)(H,23,27). The molecule has 0 aliphatic carbocycles. The fraction of sp³-hybridized carbons (Fsp3) is 0.300. The van der Waals surface area contributed by atoms with E-state index in [4.69, 9.17) is 0 Å². The summed E-state index contributed by atoms with van der Waals surface area (Å²) in [4.78, 5) is 29.3. The molecule has 3 rings (SSSR count). The lowest BCUT2D eigenvalue weighted by atomic mass is 10.1. The fourth-order valence-corrected chi connectivity index (χ4v) is 3.20. The van der Waals surface area contributed by atoms with E-state index in [9.17, 15) is 14.0 Å². The van der Waals surface area contributed by atoms with E-state index in [-0.39, 0.29) is 12.5 Å². The van der Waals surface area contributed by atoms with Gasteiger partial charge in [-0.25, -0.2) is 9.18 Å². The zero-order valence-corrected chi connectivity index (χ0v) is 15.7. The van der Waals surface area contributed by atoms with Crippen molar-refractivity contribution in [3.05, 3.63) is 58.3 Å². The molecule has 6 nitrogen and oxygen atoms in total. The van der Waals surface area contributed by atoms with Crippen LogP contribution in [0.5, 0.6) is 0 Å². The van der Waals surface area contributed by atoms with Gasteiger partial charge in [0.2, 0.25) is 5.91 Å². The first-order valence-corrected chi connectivity index (χ1v) is 8.96. The fourth-order valence-electron chi connectivity index (χ4n) is 3.20. The number of anilines is 2. The number of nitrogens with one attached hydrogen (secondary N) is 2. The number of H-pyrrole nitrogens is 1.